The fourth-order valence-corrected chi connectivity index (χ4v) is 4.41. The first-order valence-corrected chi connectivity index (χ1v) is 9.47. The third kappa shape index (κ3) is 3.47. The molecule has 1 aromatic rings. The molecule has 1 saturated carbocycles. The number of piperidine rings is 1. The zero-order valence-corrected chi connectivity index (χ0v) is 15.0. The van der Waals surface area contributed by atoms with E-state index in [-0.39, 0.29) is 5.91 Å². The summed E-state index contributed by atoms with van der Waals surface area (Å²) in [5.74, 6) is 1.23. The van der Waals surface area contributed by atoms with Crippen LogP contribution in [0.3, 0.4) is 0 Å². The molecule has 2 aliphatic heterocycles. The molecule has 1 aliphatic carbocycles. The minimum atomic E-state index is -0.826. The van der Waals surface area contributed by atoms with Crippen LogP contribution in [0.15, 0.2) is 12.1 Å². The highest BCUT2D eigenvalue weighted by molar-refractivity contribution is 6.34. The number of hydrogen-bond donors (Lipinski definition) is 1. The number of carbonyl (C=O) groups is 2. The van der Waals surface area contributed by atoms with E-state index >= 15 is 0 Å². The lowest BCUT2D eigenvalue weighted by Gasteiger charge is -2.30. The topological polar surface area (TPSA) is 60.9 Å². The van der Waals surface area contributed by atoms with Crippen LogP contribution < -0.4 is 0 Å². The first-order chi connectivity index (χ1) is 12.0. The average Bonchev–Trinajstić information content (AvgIpc) is 3.32. The minimum Gasteiger partial charge on any atom is -0.465 e. The Morgan fingerprint density at radius 1 is 1.16 bits per heavy atom. The average molecular weight is 363 g/mol. The lowest BCUT2D eigenvalue weighted by Crippen LogP contribution is -2.37. The molecular weight excluding hydrogens is 340 g/mol. The third-order valence-corrected chi connectivity index (χ3v) is 5.98. The molecule has 0 spiro atoms. The van der Waals surface area contributed by atoms with Crippen molar-refractivity contribution in [1.82, 2.24) is 9.80 Å². The van der Waals surface area contributed by atoms with Crippen LogP contribution in [0.2, 0.25) is 5.02 Å². The second kappa shape index (κ2) is 6.52. The predicted octanol–water partition coefficient (Wildman–Crippen LogP) is 3.64. The van der Waals surface area contributed by atoms with Crippen molar-refractivity contribution in [2.24, 2.45) is 11.8 Å². The van der Waals surface area contributed by atoms with Gasteiger partial charge in [-0.05, 0) is 61.1 Å². The summed E-state index contributed by atoms with van der Waals surface area (Å²) in [6, 6.07) is 4.07. The first-order valence-electron chi connectivity index (χ1n) is 9.09. The molecule has 0 atom stereocenters. The van der Waals surface area contributed by atoms with E-state index in [0.717, 1.165) is 31.4 Å². The van der Waals surface area contributed by atoms with Crippen molar-refractivity contribution in [3.05, 3.63) is 33.8 Å². The van der Waals surface area contributed by atoms with Crippen molar-refractivity contribution in [2.45, 2.75) is 38.6 Å². The monoisotopic (exact) mass is 362 g/mol. The number of hydrogen-bond acceptors (Lipinski definition) is 2. The Morgan fingerprint density at radius 2 is 1.88 bits per heavy atom. The van der Waals surface area contributed by atoms with Gasteiger partial charge in [0.2, 0.25) is 0 Å². The molecule has 2 heterocycles. The lowest BCUT2D eigenvalue weighted by molar-refractivity contribution is 0.0771. The molecule has 134 valence electrons. The van der Waals surface area contributed by atoms with Crippen LogP contribution in [0.5, 0.6) is 0 Å². The fourth-order valence-electron chi connectivity index (χ4n) is 4.06. The molecule has 6 heteroatoms. The molecule has 0 radical (unpaired) electrons. The number of fused-ring (bicyclic) bond motifs is 1. The lowest BCUT2D eigenvalue weighted by atomic mass is 9.89. The highest BCUT2D eigenvalue weighted by atomic mass is 35.5. The zero-order valence-electron chi connectivity index (χ0n) is 14.2. The van der Waals surface area contributed by atoms with E-state index in [4.69, 9.17) is 16.7 Å². The van der Waals surface area contributed by atoms with Crippen LogP contribution in [-0.4, -0.2) is 46.5 Å². The molecule has 25 heavy (non-hydrogen) atoms. The summed E-state index contributed by atoms with van der Waals surface area (Å²) >= 11 is 6.44. The summed E-state index contributed by atoms with van der Waals surface area (Å²) < 4.78 is 0. The van der Waals surface area contributed by atoms with E-state index in [1.807, 2.05) is 11.0 Å². The Kier molecular flexibility index (Phi) is 4.36. The van der Waals surface area contributed by atoms with Crippen LogP contribution in [0.25, 0.3) is 0 Å². The molecule has 1 aromatic carbocycles. The molecule has 0 aromatic heterocycles. The van der Waals surface area contributed by atoms with Gasteiger partial charge in [-0.25, -0.2) is 4.79 Å². The molecular formula is C19H23ClN2O3. The molecule has 0 bridgehead atoms. The molecule has 5 nitrogen and oxygen atoms in total. The van der Waals surface area contributed by atoms with Crippen LogP contribution in [-0.2, 0) is 13.0 Å². The van der Waals surface area contributed by atoms with Crippen LogP contribution in [0, 0.1) is 11.8 Å². The number of likely N-dealkylation sites (tertiary alicyclic amines) is 1. The number of nitrogens with zero attached hydrogens (tertiary/aromatic N) is 2. The summed E-state index contributed by atoms with van der Waals surface area (Å²) in [7, 11) is 0. The predicted molar refractivity (Wildman–Crippen MR) is 94.9 cm³/mol. The highest BCUT2D eigenvalue weighted by Gasteiger charge is 2.34. The summed E-state index contributed by atoms with van der Waals surface area (Å²) in [5.41, 5.74) is 2.90. The van der Waals surface area contributed by atoms with Gasteiger partial charge in [0.25, 0.3) is 5.91 Å². The Hall–Kier alpha value is -1.75. The van der Waals surface area contributed by atoms with Crippen molar-refractivity contribution < 1.29 is 14.7 Å². The van der Waals surface area contributed by atoms with Gasteiger partial charge in [-0.1, -0.05) is 17.7 Å². The van der Waals surface area contributed by atoms with Gasteiger partial charge in [-0.3, -0.25) is 4.79 Å². The Bertz CT molecular complexity index is 709. The standard InChI is InChI=1S/C19H23ClN2O3/c20-16-9-14(7-12-3-5-21(6-4-12)19(24)25)8-15-11-22(10-13-1-2-13)18(23)17(15)16/h8-9,12-13H,1-7,10-11H2,(H,24,25). The van der Waals surface area contributed by atoms with Gasteiger partial charge in [0.05, 0.1) is 10.6 Å². The number of carbonyl (C=O) groups excluding carboxylic acids is 1. The third-order valence-electron chi connectivity index (χ3n) is 5.68. The Morgan fingerprint density at radius 3 is 2.52 bits per heavy atom. The summed E-state index contributed by atoms with van der Waals surface area (Å²) in [6.07, 6.45) is 4.30. The maximum absolute atomic E-state index is 12.6. The quantitative estimate of drug-likeness (QED) is 0.889. The van der Waals surface area contributed by atoms with Gasteiger partial charge in [-0.2, -0.15) is 0 Å². The van der Waals surface area contributed by atoms with Crippen LogP contribution >= 0.6 is 11.6 Å². The smallest absolute Gasteiger partial charge is 0.407 e. The molecule has 2 fully saturated rings. The highest BCUT2D eigenvalue weighted by Crippen LogP contribution is 2.36. The number of halogens is 1. The van der Waals surface area contributed by atoms with E-state index in [1.54, 1.807) is 0 Å². The van der Waals surface area contributed by atoms with Crippen LogP contribution in [0.4, 0.5) is 4.79 Å². The second-order valence-electron chi connectivity index (χ2n) is 7.66. The largest absolute Gasteiger partial charge is 0.465 e. The summed E-state index contributed by atoms with van der Waals surface area (Å²) in [5, 5.41) is 9.61. The summed E-state index contributed by atoms with van der Waals surface area (Å²) in [6.45, 7) is 2.74. The molecule has 1 saturated heterocycles. The van der Waals surface area contributed by atoms with Gasteiger partial charge in [0, 0.05) is 26.2 Å². The van der Waals surface area contributed by atoms with Gasteiger partial charge in [0.15, 0.2) is 0 Å². The number of amides is 2. The van der Waals surface area contributed by atoms with Crippen molar-refractivity contribution in [1.29, 1.82) is 0 Å². The number of carboxylic acid groups (broad SMARTS) is 1. The van der Waals surface area contributed by atoms with Crippen molar-refractivity contribution >= 4 is 23.6 Å². The van der Waals surface area contributed by atoms with E-state index in [2.05, 4.69) is 6.07 Å². The zero-order chi connectivity index (χ0) is 17.6. The normalized spacial score (nSPS) is 20.9. The fraction of sp³-hybridized carbons (Fsp3) is 0.579. The van der Waals surface area contributed by atoms with Gasteiger partial charge < -0.3 is 14.9 Å². The summed E-state index contributed by atoms with van der Waals surface area (Å²) in [4.78, 5) is 27.0. The Balaban J connectivity index is 1.44. The maximum Gasteiger partial charge on any atom is 0.407 e. The van der Waals surface area contributed by atoms with Crippen molar-refractivity contribution in [3.63, 3.8) is 0 Å². The van der Waals surface area contributed by atoms with E-state index in [1.165, 1.54) is 23.3 Å². The van der Waals surface area contributed by atoms with Gasteiger partial charge in [0.1, 0.15) is 0 Å². The Labute approximate surface area is 152 Å². The number of benzene rings is 1. The van der Waals surface area contributed by atoms with Crippen molar-refractivity contribution in [3.8, 4) is 0 Å². The maximum atomic E-state index is 12.6. The first kappa shape index (κ1) is 16.7. The van der Waals surface area contributed by atoms with Crippen molar-refractivity contribution in [2.75, 3.05) is 19.6 Å². The molecule has 0 unspecified atom stereocenters. The molecule has 2 amide bonds. The van der Waals surface area contributed by atoms with E-state index < -0.39 is 6.09 Å². The van der Waals surface area contributed by atoms with E-state index in [9.17, 15) is 9.59 Å². The van der Waals surface area contributed by atoms with E-state index in [0.29, 0.717) is 42.1 Å². The van der Waals surface area contributed by atoms with Gasteiger partial charge >= 0.3 is 6.09 Å². The van der Waals surface area contributed by atoms with Gasteiger partial charge in [-0.15, -0.1) is 0 Å². The SMILES string of the molecule is O=C(O)N1CCC(Cc2cc(Cl)c3c(c2)CN(CC2CC2)C3=O)CC1. The molecule has 3 aliphatic rings. The van der Waals surface area contributed by atoms with Crippen LogP contribution in [0.1, 0.15) is 47.2 Å². The molecule has 4 rings (SSSR count). The second-order valence-corrected chi connectivity index (χ2v) is 8.07. The number of rotatable bonds is 4. The molecule has 1 N–H and O–H groups in total. The minimum absolute atomic E-state index is 0.0771.